The van der Waals surface area contributed by atoms with Crippen molar-refractivity contribution in [1.82, 2.24) is 0 Å². The van der Waals surface area contributed by atoms with Gasteiger partial charge in [-0.2, -0.15) is 5.11 Å². The van der Waals surface area contributed by atoms with Crippen LogP contribution >= 0.6 is 0 Å². The predicted octanol–water partition coefficient (Wildman–Crippen LogP) is 2.63. The molecule has 0 aliphatic carbocycles. The summed E-state index contributed by atoms with van der Waals surface area (Å²) in [6.07, 6.45) is 0. The Hall–Kier alpha value is -3.09. The van der Waals surface area contributed by atoms with Crippen molar-refractivity contribution in [3.8, 4) is 0 Å². The molecule has 0 saturated carbocycles. The third kappa shape index (κ3) is 2.09. The molecule has 6 nitrogen and oxygen atoms in total. The van der Waals surface area contributed by atoms with Crippen LogP contribution in [0.15, 0.2) is 58.9 Å². The Kier molecular flexibility index (Phi) is 3.16. The Morgan fingerprint density at radius 2 is 1.54 bits per heavy atom. The second-order valence-corrected chi connectivity index (χ2v) is 5.76. The van der Waals surface area contributed by atoms with E-state index < -0.39 is 18.0 Å². The molecule has 4 rings (SSSR count). The van der Waals surface area contributed by atoms with E-state index in [9.17, 15) is 14.0 Å². The number of carbonyl (C=O) groups excluding carboxylic acids is 2. The summed E-state index contributed by atoms with van der Waals surface area (Å²) in [5, 5.41) is 9.25. The van der Waals surface area contributed by atoms with Crippen molar-refractivity contribution < 1.29 is 14.0 Å². The molecule has 2 heterocycles. The highest BCUT2D eigenvalue weighted by Crippen LogP contribution is 2.34. The van der Waals surface area contributed by atoms with E-state index >= 15 is 0 Å². The highest BCUT2D eigenvalue weighted by atomic mass is 19.1. The van der Waals surface area contributed by atoms with Crippen molar-refractivity contribution in [1.29, 1.82) is 0 Å². The summed E-state index contributed by atoms with van der Waals surface area (Å²) in [5.74, 6) is -1.17. The molecule has 2 aliphatic rings. The molecule has 2 amide bonds. The van der Waals surface area contributed by atoms with Gasteiger partial charge < -0.3 is 0 Å². The van der Waals surface area contributed by atoms with Gasteiger partial charge >= 0.3 is 0 Å². The summed E-state index contributed by atoms with van der Waals surface area (Å²) in [5.41, 5.74) is 2.06. The first kappa shape index (κ1) is 14.5. The van der Waals surface area contributed by atoms with Crippen molar-refractivity contribution in [2.45, 2.75) is 19.0 Å². The average molecular weight is 324 g/mol. The van der Waals surface area contributed by atoms with Crippen molar-refractivity contribution >= 4 is 23.2 Å². The number of carbonyl (C=O) groups is 2. The van der Waals surface area contributed by atoms with Crippen LogP contribution < -0.4 is 9.91 Å². The number of rotatable bonds is 2. The van der Waals surface area contributed by atoms with Crippen LogP contribution in [0.1, 0.15) is 5.56 Å². The lowest BCUT2D eigenvalue weighted by Crippen LogP contribution is -2.39. The van der Waals surface area contributed by atoms with Gasteiger partial charge in [0.15, 0.2) is 12.1 Å². The maximum atomic E-state index is 13.1. The quantitative estimate of drug-likeness (QED) is 0.798. The van der Waals surface area contributed by atoms with Gasteiger partial charge in [0.1, 0.15) is 5.82 Å². The normalized spacial score (nSPS) is 22.4. The number of amides is 2. The van der Waals surface area contributed by atoms with Gasteiger partial charge in [-0.15, -0.1) is 0 Å². The molecule has 2 aromatic carbocycles. The van der Waals surface area contributed by atoms with E-state index in [0.29, 0.717) is 11.4 Å². The van der Waals surface area contributed by atoms with Crippen LogP contribution in [-0.2, 0) is 9.59 Å². The van der Waals surface area contributed by atoms with Crippen LogP contribution in [0.4, 0.5) is 15.8 Å². The van der Waals surface area contributed by atoms with Crippen molar-refractivity contribution in [3.05, 3.63) is 59.9 Å². The number of aryl methyl sites for hydroxylation is 1. The van der Waals surface area contributed by atoms with Crippen LogP contribution in [0, 0.1) is 12.7 Å². The average Bonchev–Trinajstić information content (AvgIpc) is 3.11. The van der Waals surface area contributed by atoms with Crippen molar-refractivity contribution in [3.63, 3.8) is 0 Å². The highest BCUT2D eigenvalue weighted by Gasteiger charge is 2.55. The topological polar surface area (TPSA) is 65.3 Å². The third-order valence-corrected chi connectivity index (χ3v) is 4.17. The van der Waals surface area contributed by atoms with Crippen LogP contribution in [0.5, 0.6) is 0 Å². The molecule has 2 aliphatic heterocycles. The third-order valence-electron chi connectivity index (χ3n) is 4.17. The van der Waals surface area contributed by atoms with E-state index in [2.05, 4.69) is 10.3 Å². The minimum atomic E-state index is -0.871. The molecule has 7 heteroatoms. The standard InChI is InChI=1S/C17H13FN4O2/c1-10-2-6-12(7-3-10)21-16(23)14-15(17(21)24)22(20-19-14)13-8-4-11(18)5-9-13/h2-9,14-15H,1H3/t14-,15-/m1/s1. The Morgan fingerprint density at radius 3 is 2.21 bits per heavy atom. The molecule has 2 atom stereocenters. The Labute approximate surface area is 137 Å². The summed E-state index contributed by atoms with van der Waals surface area (Å²) < 4.78 is 13.1. The molecule has 0 N–H and O–H groups in total. The number of hydrogen-bond acceptors (Lipinski definition) is 5. The van der Waals surface area contributed by atoms with Crippen molar-refractivity contribution in [2.75, 3.05) is 9.91 Å². The number of anilines is 2. The van der Waals surface area contributed by atoms with Gasteiger partial charge in [-0.25, -0.2) is 14.3 Å². The predicted molar refractivity (Wildman–Crippen MR) is 85.0 cm³/mol. The van der Waals surface area contributed by atoms with Crippen molar-refractivity contribution in [2.24, 2.45) is 10.3 Å². The van der Waals surface area contributed by atoms with Crippen LogP contribution in [0.2, 0.25) is 0 Å². The van der Waals surface area contributed by atoms with Crippen LogP contribution in [0.3, 0.4) is 0 Å². The summed E-state index contributed by atoms with van der Waals surface area (Å²) in [6.45, 7) is 1.93. The van der Waals surface area contributed by atoms with Gasteiger partial charge in [-0.1, -0.05) is 22.9 Å². The first-order chi connectivity index (χ1) is 11.6. The van der Waals surface area contributed by atoms with Gasteiger partial charge in [0.25, 0.3) is 11.8 Å². The number of benzene rings is 2. The van der Waals surface area contributed by atoms with Gasteiger partial charge in [0.2, 0.25) is 0 Å². The van der Waals surface area contributed by atoms with E-state index in [1.54, 1.807) is 12.1 Å². The second-order valence-electron chi connectivity index (χ2n) is 5.76. The molecule has 1 saturated heterocycles. The largest absolute Gasteiger partial charge is 0.271 e. The fraction of sp³-hybridized carbons (Fsp3) is 0.176. The number of nitrogens with zero attached hydrogens (tertiary/aromatic N) is 4. The lowest BCUT2D eigenvalue weighted by atomic mass is 10.1. The molecule has 0 unspecified atom stereocenters. The lowest BCUT2D eigenvalue weighted by Gasteiger charge is -2.20. The molecule has 2 aromatic rings. The molecular formula is C17H13FN4O2. The molecule has 0 spiro atoms. The fourth-order valence-electron chi connectivity index (χ4n) is 2.92. The fourth-order valence-corrected chi connectivity index (χ4v) is 2.92. The summed E-state index contributed by atoms with van der Waals surface area (Å²) >= 11 is 0. The summed E-state index contributed by atoms with van der Waals surface area (Å²) in [4.78, 5) is 26.5. The van der Waals surface area contributed by atoms with Gasteiger partial charge in [-0.05, 0) is 43.3 Å². The molecule has 0 bridgehead atoms. The molecule has 0 aromatic heterocycles. The maximum Gasteiger partial charge on any atom is 0.263 e. The molecule has 24 heavy (non-hydrogen) atoms. The Morgan fingerprint density at radius 1 is 0.917 bits per heavy atom. The number of halogens is 1. The smallest absolute Gasteiger partial charge is 0.263 e. The zero-order valence-electron chi connectivity index (χ0n) is 12.8. The highest BCUT2D eigenvalue weighted by molar-refractivity contribution is 6.26. The van der Waals surface area contributed by atoms with E-state index in [1.807, 2.05) is 19.1 Å². The van der Waals surface area contributed by atoms with Gasteiger partial charge in [-0.3, -0.25) is 9.59 Å². The number of fused-ring (bicyclic) bond motifs is 1. The Balaban J connectivity index is 1.69. The molecule has 120 valence electrons. The zero-order valence-corrected chi connectivity index (χ0v) is 12.8. The Bertz CT molecular complexity index is 848. The minimum absolute atomic E-state index is 0.386. The van der Waals surface area contributed by atoms with E-state index in [4.69, 9.17) is 0 Å². The van der Waals surface area contributed by atoms with Crippen LogP contribution in [-0.4, -0.2) is 23.9 Å². The minimum Gasteiger partial charge on any atom is -0.271 e. The first-order valence-corrected chi connectivity index (χ1v) is 7.46. The molecule has 1 fully saturated rings. The lowest BCUT2D eigenvalue weighted by molar-refractivity contribution is -0.121. The summed E-state index contributed by atoms with van der Waals surface area (Å²) in [6, 6.07) is 11.0. The maximum absolute atomic E-state index is 13.1. The molecule has 0 radical (unpaired) electrons. The first-order valence-electron chi connectivity index (χ1n) is 7.46. The SMILES string of the molecule is Cc1ccc(N2C(=O)[C@@H]3N=NN(c4ccc(F)cc4)[C@H]3C2=O)cc1. The van der Waals surface area contributed by atoms with Gasteiger partial charge in [0, 0.05) is 0 Å². The van der Waals surface area contributed by atoms with E-state index in [1.165, 1.54) is 29.3 Å². The van der Waals surface area contributed by atoms with E-state index in [-0.39, 0.29) is 11.7 Å². The monoisotopic (exact) mass is 324 g/mol. The van der Waals surface area contributed by atoms with Crippen LogP contribution in [0.25, 0.3) is 0 Å². The zero-order chi connectivity index (χ0) is 16.8. The number of imide groups is 1. The second kappa shape index (κ2) is 5.23. The summed E-state index contributed by atoms with van der Waals surface area (Å²) in [7, 11) is 0. The number of hydrogen-bond donors (Lipinski definition) is 0. The molecular weight excluding hydrogens is 311 g/mol. The van der Waals surface area contributed by atoms with Gasteiger partial charge in [0.05, 0.1) is 11.4 Å². The van der Waals surface area contributed by atoms with E-state index in [0.717, 1.165) is 10.5 Å².